The molecule has 24 heavy (non-hydrogen) atoms. The number of benzene rings is 2. The summed E-state index contributed by atoms with van der Waals surface area (Å²) in [5.74, 6) is 0.200. The lowest BCUT2D eigenvalue weighted by Gasteiger charge is -2.14. The fourth-order valence-electron chi connectivity index (χ4n) is 2.59. The lowest BCUT2D eigenvalue weighted by Crippen LogP contribution is -2.32. The smallest absolute Gasteiger partial charge is 0.265 e. The van der Waals surface area contributed by atoms with Crippen LogP contribution in [0.1, 0.15) is 15.9 Å². The van der Waals surface area contributed by atoms with Gasteiger partial charge < -0.3 is 15.4 Å². The predicted molar refractivity (Wildman–Crippen MR) is 92.2 cm³/mol. The number of fused-ring (bicyclic) bond motifs is 1. The summed E-state index contributed by atoms with van der Waals surface area (Å²) in [6.45, 7) is 3.93. The first-order valence-electron chi connectivity index (χ1n) is 7.72. The van der Waals surface area contributed by atoms with Gasteiger partial charge in [-0.05, 0) is 23.8 Å². The molecule has 0 aliphatic carbocycles. The molecule has 1 aliphatic heterocycles. The number of hydrogen-bond acceptors (Lipinski definition) is 3. The van der Waals surface area contributed by atoms with Gasteiger partial charge in [-0.15, -0.1) is 6.58 Å². The lowest BCUT2D eigenvalue weighted by molar-refractivity contribution is -0.122. The summed E-state index contributed by atoms with van der Waals surface area (Å²) in [5, 5.41) is 5.50. The Bertz CT molecular complexity index is 761. The molecule has 0 saturated carbocycles. The Morgan fingerprint density at radius 2 is 1.92 bits per heavy atom. The van der Waals surface area contributed by atoms with E-state index < -0.39 is 6.10 Å². The minimum Gasteiger partial charge on any atom is -0.480 e. The number of nitrogens with one attached hydrogen (secondary N) is 2. The number of hydrogen-bond donors (Lipinski definition) is 2. The van der Waals surface area contributed by atoms with Gasteiger partial charge >= 0.3 is 0 Å². The number of carbonyl (C=O) groups is 2. The van der Waals surface area contributed by atoms with E-state index in [1.54, 1.807) is 30.3 Å². The molecule has 3 rings (SSSR count). The van der Waals surface area contributed by atoms with Crippen molar-refractivity contribution in [3.8, 4) is 5.75 Å². The third kappa shape index (κ3) is 3.30. The highest BCUT2D eigenvalue weighted by atomic mass is 16.5. The summed E-state index contributed by atoms with van der Waals surface area (Å²) in [4.78, 5) is 24.7. The van der Waals surface area contributed by atoms with Gasteiger partial charge in [0.15, 0.2) is 6.10 Å². The number of para-hydroxylation sites is 2. The van der Waals surface area contributed by atoms with Gasteiger partial charge in [-0.1, -0.05) is 36.4 Å². The topological polar surface area (TPSA) is 67.4 Å². The van der Waals surface area contributed by atoms with E-state index in [0.717, 1.165) is 11.3 Å². The third-order valence-corrected chi connectivity index (χ3v) is 3.78. The molecule has 0 bridgehead atoms. The van der Waals surface area contributed by atoms with E-state index >= 15 is 0 Å². The Balaban J connectivity index is 1.72. The second kappa shape index (κ2) is 7.00. The summed E-state index contributed by atoms with van der Waals surface area (Å²) in [5.41, 5.74) is 1.88. The van der Waals surface area contributed by atoms with Crippen LogP contribution in [0.25, 0.3) is 0 Å². The standard InChI is InChI=1S/C19H18N2O3/c1-2-11-20-18(22)14-8-4-5-9-15(14)21-19(23)17-12-13-7-3-6-10-16(13)24-17/h2-10,17H,1,11-12H2,(H,20,22)(H,21,23). The molecule has 5 heteroatoms. The van der Waals surface area contributed by atoms with Crippen molar-refractivity contribution in [3.63, 3.8) is 0 Å². The Morgan fingerprint density at radius 1 is 1.17 bits per heavy atom. The second-order valence-corrected chi connectivity index (χ2v) is 5.45. The predicted octanol–water partition coefficient (Wildman–Crippen LogP) is 2.54. The van der Waals surface area contributed by atoms with E-state index in [0.29, 0.717) is 24.2 Å². The fraction of sp³-hybridized carbons (Fsp3) is 0.158. The van der Waals surface area contributed by atoms with Crippen LogP contribution in [0, 0.1) is 0 Å². The maximum atomic E-state index is 12.5. The third-order valence-electron chi connectivity index (χ3n) is 3.78. The molecular formula is C19H18N2O3. The van der Waals surface area contributed by atoms with Crippen LogP contribution in [0.3, 0.4) is 0 Å². The summed E-state index contributed by atoms with van der Waals surface area (Å²) in [7, 11) is 0. The maximum absolute atomic E-state index is 12.5. The molecule has 0 fully saturated rings. The molecule has 0 radical (unpaired) electrons. The summed E-state index contributed by atoms with van der Waals surface area (Å²) < 4.78 is 5.68. The van der Waals surface area contributed by atoms with E-state index in [9.17, 15) is 9.59 Å². The van der Waals surface area contributed by atoms with E-state index in [1.165, 1.54) is 0 Å². The van der Waals surface area contributed by atoms with Crippen molar-refractivity contribution in [1.82, 2.24) is 5.32 Å². The highest BCUT2D eigenvalue weighted by molar-refractivity contribution is 6.04. The van der Waals surface area contributed by atoms with Crippen LogP contribution in [-0.2, 0) is 11.2 Å². The molecule has 1 unspecified atom stereocenters. The molecule has 1 heterocycles. The van der Waals surface area contributed by atoms with E-state index in [4.69, 9.17) is 4.74 Å². The van der Waals surface area contributed by atoms with Crippen LogP contribution < -0.4 is 15.4 Å². The average Bonchev–Trinajstić information content (AvgIpc) is 3.04. The minimum atomic E-state index is -0.591. The largest absolute Gasteiger partial charge is 0.480 e. The molecule has 1 aliphatic rings. The van der Waals surface area contributed by atoms with Gasteiger partial charge in [0, 0.05) is 13.0 Å². The van der Waals surface area contributed by atoms with Gasteiger partial charge in [0.25, 0.3) is 11.8 Å². The molecule has 2 aromatic carbocycles. The Morgan fingerprint density at radius 3 is 2.71 bits per heavy atom. The van der Waals surface area contributed by atoms with Crippen molar-refractivity contribution in [2.45, 2.75) is 12.5 Å². The van der Waals surface area contributed by atoms with Gasteiger partial charge in [-0.3, -0.25) is 9.59 Å². The van der Waals surface area contributed by atoms with E-state index in [2.05, 4.69) is 17.2 Å². The molecule has 122 valence electrons. The van der Waals surface area contributed by atoms with E-state index in [-0.39, 0.29) is 11.8 Å². The summed E-state index contributed by atoms with van der Waals surface area (Å²) in [6, 6.07) is 14.5. The zero-order valence-corrected chi connectivity index (χ0v) is 13.1. The normalized spacial score (nSPS) is 15.1. The lowest BCUT2D eigenvalue weighted by atomic mass is 10.1. The molecule has 2 amide bonds. The number of anilines is 1. The van der Waals surface area contributed by atoms with E-state index in [1.807, 2.05) is 24.3 Å². The number of carbonyl (C=O) groups excluding carboxylic acids is 2. The number of amides is 2. The second-order valence-electron chi connectivity index (χ2n) is 5.45. The van der Waals surface area contributed by atoms with Crippen LogP contribution in [-0.4, -0.2) is 24.5 Å². The van der Waals surface area contributed by atoms with Crippen molar-refractivity contribution < 1.29 is 14.3 Å². The first-order chi connectivity index (χ1) is 11.7. The Hall–Kier alpha value is -3.08. The van der Waals surface area contributed by atoms with Crippen molar-refractivity contribution in [3.05, 3.63) is 72.3 Å². The zero-order chi connectivity index (χ0) is 16.9. The van der Waals surface area contributed by atoms with Crippen LogP contribution >= 0.6 is 0 Å². The molecule has 2 N–H and O–H groups in total. The molecule has 0 spiro atoms. The van der Waals surface area contributed by atoms with Gasteiger partial charge in [0.05, 0.1) is 11.3 Å². The quantitative estimate of drug-likeness (QED) is 0.831. The Kier molecular flexibility index (Phi) is 4.61. The Labute approximate surface area is 140 Å². The van der Waals surface area contributed by atoms with Crippen molar-refractivity contribution in [2.24, 2.45) is 0 Å². The average molecular weight is 322 g/mol. The number of rotatable bonds is 5. The van der Waals surface area contributed by atoms with Crippen molar-refractivity contribution in [2.75, 3.05) is 11.9 Å². The first-order valence-corrected chi connectivity index (χ1v) is 7.72. The highest BCUT2D eigenvalue weighted by Crippen LogP contribution is 2.29. The molecule has 2 aromatic rings. The van der Waals surface area contributed by atoms with Gasteiger partial charge in [-0.25, -0.2) is 0 Å². The highest BCUT2D eigenvalue weighted by Gasteiger charge is 2.29. The summed E-state index contributed by atoms with van der Waals surface area (Å²) in [6.07, 6.45) is 1.53. The summed E-state index contributed by atoms with van der Waals surface area (Å²) >= 11 is 0. The first kappa shape index (κ1) is 15.8. The monoisotopic (exact) mass is 322 g/mol. The number of ether oxygens (including phenoxy) is 1. The molecule has 0 saturated heterocycles. The minimum absolute atomic E-state index is 0.263. The van der Waals surface area contributed by atoms with Crippen molar-refractivity contribution >= 4 is 17.5 Å². The van der Waals surface area contributed by atoms with Gasteiger partial charge in [0.2, 0.25) is 0 Å². The fourth-order valence-corrected chi connectivity index (χ4v) is 2.59. The SMILES string of the molecule is C=CCNC(=O)c1ccccc1NC(=O)C1Cc2ccccc2O1. The molecule has 0 aromatic heterocycles. The van der Waals surface area contributed by atoms with Crippen LogP contribution in [0.15, 0.2) is 61.2 Å². The zero-order valence-electron chi connectivity index (χ0n) is 13.1. The van der Waals surface area contributed by atoms with Crippen LogP contribution in [0.5, 0.6) is 5.75 Å². The molecular weight excluding hydrogens is 304 g/mol. The van der Waals surface area contributed by atoms with Gasteiger partial charge in [-0.2, -0.15) is 0 Å². The maximum Gasteiger partial charge on any atom is 0.265 e. The van der Waals surface area contributed by atoms with Gasteiger partial charge in [0.1, 0.15) is 5.75 Å². The van der Waals surface area contributed by atoms with Crippen LogP contribution in [0.2, 0.25) is 0 Å². The van der Waals surface area contributed by atoms with Crippen LogP contribution in [0.4, 0.5) is 5.69 Å². The molecule has 5 nitrogen and oxygen atoms in total. The van der Waals surface area contributed by atoms with Crippen molar-refractivity contribution in [1.29, 1.82) is 0 Å². The molecule has 1 atom stereocenters.